The van der Waals surface area contributed by atoms with Gasteiger partial charge in [-0.05, 0) is 48.6 Å². The van der Waals surface area contributed by atoms with Gasteiger partial charge in [-0.25, -0.2) is 0 Å². The number of hydrogen-bond acceptors (Lipinski definition) is 2. The molecule has 15 heavy (non-hydrogen) atoms. The zero-order valence-corrected chi connectivity index (χ0v) is 10.6. The summed E-state index contributed by atoms with van der Waals surface area (Å²) >= 11 is 1.87. The van der Waals surface area contributed by atoms with Crippen LogP contribution >= 0.6 is 11.3 Å². The van der Waals surface area contributed by atoms with E-state index in [1.165, 1.54) is 42.7 Å². The molecular weight excluding hydrogens is 202 g/mol. The molecule has 84 valence electrons. The van der Waals surface area contributed by atoms with Gasteiger partial charge in [0.25, 0.3) is 0 Å². The normalized spacial score (nSPS) is 18.0. The summed E-state index contributed by atoms with van der Waals surface area (Å²) in [5, 5.41) is 5.81. The first-order valence-electron chi connectivity index (χ1n) is 5.99. The molecule has 0 saturated heterocycles. The molecule has 0 bridgehead atoms. The Morgan fingerprint density at radius 1 is 1.47 bits per heavy atom. The summed E-state index contributed by atoms with van der Waals surface area (Å²) in [4.78, 5) is 1.50. The van der Waals surface area contributed by atoms with Crippen molar-refractivity contribution in [1.82, 2.24) is 5.32 Å². The highest BCUT2D eigenvalue weighted by atomic mass is 32.1. The summed E-state index contributed by atoms with van der Waals surface area (Å²) in [5.41, 5.74) is 2.12. The Bertz CT molecular complexity index is 312. The van der Waals surface area contributed by atoms with Crippen molar-refractivity contribution >= 4 is 11.3 Å². The topological polar surface area (TPSA) is 12.0 Å². The van der Waals surface area contributed by atoms with E-state index in [2.05, 4.69) is 30.6 Å². The predicted octanol–water partition coefficient (Wildman–Crippen LogP) is 3.73. The quantitative estimate of drug-likeness (QED) is 0.775. The van der Waals surface area contributed by atoms with E-state index in [4.69, 9.17) is 0 Å². The lowest BCUT2D eigenvalue weighted by Crippen LogP contribution is -2.23. The number of nitrogens with one attached hydrogen (secondary N) is 1. The lowest BCUT2D eigenvalue weighted by atomic mass is 10.0. The molecule has 1 aromatic heterocycles. The summed E-state index contributed by atoms with van der Waals surface area (Å²) in [7, 11) is 0. The van der Waals surface area contributed by atoms with Gasteiger partial charge >= 0.3 is 0 Å². The van der Waals surface area contributed by atoms with Crippen LogP contribution < -0.4 is 5.32 Å². The van der Waals surface area contributed by atoms with Crippen molar-refractivity contribution in [2.75, 3.05) is 6.54 Å². The van der Waals surface area contributed by atoms with Gasteiger partial charge in [0.15, 0.2) is 0 Å². The van der Waals surface area contributed by atoms with Crippen molar-refractivity contribution in [1.29, 1.82) is 0 Å². The van der Waals surface area contributed by atoms with Crippen molar-refractivity contribution in [3.05, 3.63) is 21.9 Å². The molecule has 2 heteroatoms. The van der Waals surface area contributed by atoms with Crippen LogP contribution in [0.2, 0.25) is 0 Å². The number of hydrogen-bond donors (Lipinski definition) is 1. The van der Waals surface area contributed by atoms with Gasteiger partial charge in [-0.1, -0.05) is 13.3 Å². The van der Waals surface area contributed by atoms with E-state index in [0.717, 1.165) is 6.54 Å². The van der Waals surface area contributed by atoms with Crippen molar-refractivity contribution in [3.63, 3.8) is 0 Å². The lowest BCUT2D eigenvalue weighted by Gasteiger charge is -2.14. The molecule has 1 aromatic rings. The highest BCUT2D eigenvalue weighted by Gasteiger charge is 2.40. The SMILES string of the molecule is CCCC1(CNCc2sccc2C)CC1. The van der Waals surface area contributed by atoms with E-state index in [0.29, 0.717) is 5.41 Å². The first-order chi connectivity index (χ1) is 7.26. The Labute approximate surface area is 96.9 Å². The largest absolute Gasteiger partial charge is 0.311 e. The minimum atomic E-state index is 0.680. The number of rotatable bonds is 6. The molecule has 0 atom stereocenters. The van der Waals surface area contributed by atoms with Gasteiger partial charge in [-0.15, -0.1) is 11.3 Å². The Balaban J connectivity index is 1.73. The van der Waals surface area contributed by atoms with Crippen LogP contribution in [0.4, 0.5) is 0 Å². The number of aryl methyl sites for hydroxylation is 1. The van der Waals surface area contributed by atoms with Crippen molar-refractivity contribution in [2.24, 2.45) is 5.41 Å². The van der Waals surface area contributed by atoms with Crippen LogP contribution in [0.5, 0.6) is 0 Å². The van der Waals surface area contributed by atoms with Crippen LogP contribution in [0, 0.1) is 12.3 Å². The van der Waals surface area contributed by atoms with Gasteiger partial charge in [-0.3, -0.25) is 0 Å². The van der Waals surface area contributed by atoms with Crippen LogP contribution in [-0.2, 0) is 6.54 Å². The van der Waals surface area contributed by atoms with E-state index in [9.17, 15) is 0 Å². The second-order valence-electron chi connectivity index (χ2n) is 4.88. The molecule has 1 aliphatic rings. The standard InChI is InChI=1S/C13H21NS/c1-3-5-13(6-7-13)10-14-9-12-11(2)4-8-15-12/h4,8,14H,3,5-7,9-10H2,1-2H3. The molecule has 1 heterocycles. The second kappa shape index (κ2) is 4.67. The van der Waals surface area contributed by atoms with Crippen molar-refractivity contribution in [3.8, 4) is 0 Å². The third-order valence-electron chi connectivity index (χ3n) is 3.49. The van der Waals surface area contributed by atoms with Crippen molar-refractivity contribution < 1.29 is 0 Å². The molecule has 0 amide bonds. The Kier molecular flexibility index (Phi) is 3.47. The maximum Gasteiger partial charge on any atom is 0.0302 e. The summed E-state index contributed by atoms with van der Waals surface area (Å²) in [6.07, 6.45) is 5.62. The van der Waals surface area contributed by atoms with Crippen LogP contribution in [0.25, 0.3) is 0 Å². The van der Waals surface area contributed by atoms with Crippen LogP contribution in [-0.4, -0.2) is 6.54 Å². The van der Waals surface area contributed by atoms with E-state index >= 15 is 0 Å². The minimum absolute atomic E-state index is 0.680. The zero-order chi connectivity index (χ0) is 10.7. The average molecular weight is 223 g/mol. The fraction of sp³-hybridized carbons (Fsp3) is 0.692. The molecule has 1 nitrogen and oxygen atoms in total. The van der Waals surface area contributed by atoms with Gasteiger partial charge in [0, 0.05) is 18.0 Å². The molecule has 1 saturated carbocycles. The lowest BCUT2D eigenvalue weighted by molar-refractivity contribution is 0.421. The van der Waals surface area contributed by atoms with Gasteiger partial charge in [-0.2, -0.15) is 0 Å². The van der Waals surface area contributed by atoms with Gasteiger partial charge in [0.1, 0.15) is 0 Å². The van der Waals surface area contributed by atoms with Crippen molar-refractivity contribution in [2.45, 2.75) is 46.1 Å². The van der Waals surface area contributed by atoms with E-state index in [-0.39, 0.29) is 0 Å². The molecule has 1 N–H and O–H groups in total. The van der Waals surface area contributed by atoms with Crippen LogP contribution in [0.15, 0.2) is 11.4 Å². The molecule has 0 spiro atoms. The van der Waals surface area contributed by atoms with E-state index in [1.54, 1.807) is 0 Å². The van der Waals surface area contributed by atoms with Gasteiger partial charge in [0.2, 0.25) is 0 Å². The first-order valence-corrected chi connectivity index (χ1v) is 6.87. The molecule has 1 aliphatic carbocycles. The highest BCUT2D eigenvalue weighted by molar-refractivity contribution is 7.10. The smallest absolute Gasteiger partial charge is 0.0302 e. The summed E-state index contributed by atoms with van der Waals surface area (Å²) in [6, 6.07) is 2.21. The second-order valence-corrected chi connectivity index (χ2v) is 5.88. The van der Waals surface area contributed by atoms with Gasteiger partial charge in [0.05, 0.1) is 0 Å². The summed E-state index contributed by atoms with van der Waals surface area (Å²) in [5.74, 6) is 0. The summed E-state index contributed by atoms with van der Waals surface area (Å²) < 4.78 is 0. The van der Waals surface area contributed by atoms with Gasteiger partial charge < -0.3 is 5.32 Å². The number of thiophene rings is 1. The van der Waals surface area contributed by atoms with Crippen LogP contribution in [0.1, 0.15) is 43.0 Å². The molecule has 1 fully saturated rings. The van der Waals surface area contributed by atoms with E-state index in [1.807, 2.05) is 11.3 Å². The Hall–Kier alpha value is -0.340. The third kappa shape index (κ3) is 2.82. The maximum absolute atomic E-state index is 3.63. The molecular formula is C13H21NS. The molecule has 0 aromatic carbocycles. The van der Waals surface area contributed by atoms with Crippen LogP contribution in [0.3, 0.4) is 0 Å². The zero-order valence-electron chi connectivity index (χ0n) is 9.81. The predicted molar refractivity (Wildman–Crippen MR) is 67.3 cm³/mol. The molecule has 0 unspecified atom stereocenters. The fourth-order valence-corrected chi connectivity index (χ4v) is 3.12. The van der Waals surface area contributed by atoms with E-state index < -0.39 is 0 Å². The minimum Gasteiger partial charge on any atom is -0.311 e. The molecule has 0 radical (unpaired) electrons. The highest BCUT2D eigenvalue weighted by Crippen LogP contribution is 2.48. The third-order valence-corrected chi connectivity index (χ3v) is 4.51. The Morgan fingerprint density at radius 3 is 2.80 bits per heavy atom. The monoisotopic (exact) mass is 223 g/mol. The molecule has 2 rings (SSSR count). The fourth-order valence-electron chi connectivity index (χ4n) is 2.25. The Morgan fingerprint density at radius 2 is 2.27 bits per heavy atom. The summed E-state index contributed by atoms with van der Waals surface area (Å²) in [6.45, 7) is 6.78. The molecule has 0 aliphatic heterocycles. The average Bonchev–Trinajstić information content (AvgIpc) is 2.85. The first kappa shape index (κ1) is 11.2. The maximum atomic E-state index is 3.63.